The number of hydrogen-bond donors (Lipinski definition) is 1. The number of ether oxygens (including phenoxy) is 2. The molecule has 1 saturated carbocycles. The lowest BCUT2D eigenvalue weighted by atomic mass is 9.64. The van der Waals surface area contributed by atoms with E-state index in [4.69, 9.17) is 24.0 Å². The minimum absolute atomic E-state index is 0.00385. The zero-order chi connectivity index (χ0) is 25.8. The number of fused-ring (bicyclic) bond motifs is 2. The summed E-state index contributed by atoms with van der Waals surface area (Å²) in [5.74, 6) is 2.42. The zero-order valence-electron chi connectivity index (χ0n) is 22.5. The van der Waals surface area contributed by atoms with Gasteiger partial charge in [-0.15, -0.1) is 0 Å². The average molecular weight is 510 g/mol. The second-order valence-corrected chi connectivity index (χ2v) is 12.0. The van der Waals surface area contributed by atoms with Crippen molar-refractivity contribution in [1.82, 2.24) is 25.3 Å². The van der Waals surface area contributed by atoms with Gasteiger partial charge in [-0.3, -0.25) is 9.69 Å². The van der Waals surface area contributed by atoms with E-state index in [-0.39, 0.29) is 17.7 Å². The maximum Gasteiger partial charge on any atom is 0.221 e. The topological polar surface area (TPSA) is 103 Å². The molecule has 4 atom stereocenters. The first-order chi connectivity index (χ1) is 17.8. The molecule has 6 rings (SSSR count). The Morgan fingerprint density at radius 1 is 1.14 bits per heavy atom. The Kier molecular flexibility index (Phi) is 6.26. The molecule has 0 unspecified atom stereocenters. The van der Waals surface area contributed by atoms with Gasteiger partial charge in [0.05, 0.1) is 17.0 Å². The predicted octanol–water partition coefficient (Wildman–Crippen LogP) is 3.84. The first kappa shape index (κ1) is 24.8. The van der Waals surface area contributed by atoms with E-state index in [0.717, 1.165) is 69.4 Å². The normalized spacial score (nSPS) is 30.1. The average Bonchev–Trinajstić information content (AvgIpc) is 3.51. The lowest BCUT2D eigenvalue weighted by molar-refractivity contribution is -0.128. The Morgan fingerprint density at radius 3 is 2.65 bits per heavy atom. The van der Waals surface area contributed by atoms with E-state index in [1.165, 1.54) is 6.42 Å². The summed E-state index contributed by atoms with van der Waals surface area (Å²) in [5.41, 5.74) is 0.915. The number of likely N-dealkylation sites (N-methyl/N-ethyl adjacent to an activating group) is 1. The van der Waals surface area contributed by atoms with Crippen LogP contribution in [0.3, 0.4) is 0 Å². The molecule has 2 saturated heterocycles. The number of aromatic nitrogens is 3. The number of Topliss-reactive ketones (excluding diaryl/α,β-unsaturated/α-hetero) is 1. The number of likely N-dealkylation sites (tertiary alicyclic amines) is 1. The summed E-state index contributed by atoms with van der Waals surface area (Å²) >= 11 is 0. The van der Waals surface area contributed by atoms with Crippen molar-refractivity contribution in [3.8, 4) is 23.3 Å². The molecule has 37 heavy (non-hydrogen) atoms. The van der Waals surface area contributed by atoms with Gasteiger partial charge in [0.1, 0.15) is 18.0 Å². The van der Waals surface area contributed by atoms with Gasteiger partial charge >= 0.3 is 0 Å². The van der Waals surface area contributed by atoms with Crippen LogP contribution < -0.4 is 14.8 Å². The largest absolute Gasteiger partial charge is 0.473 e. The highest BCUT2D eigenvalue weighted by Gasteiger charge is 2.48. The molecule has 0 amide bonds. The van der Waals surface area contributed by atoms with Crippen molar-refractivity contribution in [3.05, 3.63) is 17.4 Å². The predicted molar refractivity (Wildman–Crippen MR) is 138 cm³/mol. The first-order valence-corrected chi connectivity index (χ1v) is 14.0. The van der Waals surface area contributed by atoms with E-state index in [1.807, 2.05) is 0 Å². The Hall–Kier alpha value is -2.52. The van der Waals surface area contributed by atoms with E-state index in [9.17, 15) is 4.79 Å². The van der Waals surface area contributed by atoms with E-state index >= 15 is 0 Å². The molecule has 1 spiro atoms. The van der Waals surface area contributed by atoms with Crippen LogP contribution in [0.5, 0.6) is 11.8 Å². The SMILES string of the molecule is C[C@H](Oc1cc(O[C@@H]2CNC2(C)C)nc(-c2noc3c2CCC[C@@]32CCCCC2=O)n1)[C@@H]1CCCN1C. The Balaban J connectivity index is 1.36. The van der Waals surface area contributed by atoms with Crippen LogP contribution in [0.1, 0.15) is 83.5 Å². The number of rotatable bonds is 6. The van der Waals surface area contributed by atoms with Crippen molar-refractivity contribution in [3.63, 3.8) is 0 Å². The molecule has 3 fully saturated rings. The fourth-order valence-electron chi connectivity index (χ4n) is 6.73. The van der Waals surface area contributed by atoms with Gasteiger partial charge in [0.25, 0.3) is 0 Å². The monoisotopic (exact) mass is 509 g/mol. The van der Waals surface area contributed by atoms with Crippen LogP contribution in [-0.4, -0.2) is 69.7 Å². The second kappa shape index (κ2) is 9.34. The summed E-state index contributed by atoms with van der Waals surface area (Å²) in [7, 11) is 2.15. The van der Waals surface area contributed by atoms with Gasteiger partial charge in [0, 0.05) is 24.6 Å². The van der Waals surface area contributed by atoms with Gasteiger partial charge in [-0.2, -0.15) is 9.97 Å². The van der Waals surface area contributed by atoms with E-state index in [2.05, 4.69) is 43.2 Å². The highest BCUT2D eigenvalue weighted by Crippen LogP contribution is 2.47. The molecule has 4 aliphatic rings. The quantitative estimate of drug-likeness (QED) is 0.622. The molecule has 4 heterocycles. The maximum atomic E-state index is 13.1. The number of nitrogens with zero attached hydrogens (tertiary/aromatic N) is 4. The molecule has 1 N–H and O–H groups in total. The number of nitrogens with one attached hydrogen (secondary N) is 1. The van der Waals surface area contributed by atoms with Gasteiger partial charge < -0.3 is 19.3 Å². The standard InChI is InChI=1S/C28H39N5O4/c1-17(19-10-8-14-33(19)4)35-22-15-23(36-21-16-29-27(21,2)3)31-26(30-22)24-18-9-7-13-28(25(18)37-32-24)12-6-5-11-20(28)34/h15,17,19,21,29H,5-14,16H2,1-4H3/t17-,19-,21+,28+/m0/s1. The van der Waals surface area contributed by atoms with Gasteiger partial charge in [-0.1, -0.05) is 11.6 Å². The van der Waals surface area contributed by atoms with Gasteiger partial charge in [0.2, 0.25) is 11.8 Å². The fourth-order valence-corrected chi connectivity index (χ4v) is 6.73. The van der Waals surface area contributed by atoms with Gasteiger partial charge in [-0.25, -0.2) is 0 Å². The highest BCUT2D eigenvalue weighted by molar-refractivity contribution is 5.91. The smallest absolute Gasteiger partial charge is 0.221 e. The minimum Gasteiger partial charge on any atom is -0.473 e. The van der Waals surface area contributed by atoms with Crippen LogP contribution in [0.25, 0.3) is 11.5 Å². The van der Waals surface area contributed by atoms with Crippen LogP contribution in [-0.2, 0) is 16.6 Å². The number of hydrogen-bond acceptors (Lipinski definition) is 9. The van der Waals surface area contributed by atoms with E-state index in [0.29, 0.717) is 41.5 Å². The van der Waals surface area contributed by atoms with Crippen molar-refractivity contribution in [2.24, 2.45) is 0 Å². The Bertz CT molecular complexity index is 1180. The molecular weight excluding hydrogens is 470 g/mol. The van der Waals surface area contributed by atoms with Crippen LogP contribution in [0.15, 0.2) is 10.6 Å². The molecule has 2 aliphatic carbocycles. The molecule has 2 aromatic heterocycles. The Morgan fingerprint density at radius 2 is 1.95 bits per heavy atom. The van der Waals surface area contributed by atoms with E-state index < -0.39 is 5.41 Å². The molecule has 0 bridgehead atoms. The molecular formula is C28H39N5O4. The maximum absolute atomic E-state index is 13.1. The third-order valence-corrected chi connectivity index (χ3v) is 9.17. The fraction of sp³-hybridized carbons (Fsp3) is 0.714. The zero-order valence-corrected chi connectivity index (χ0v) is 22.5. The van der Waals surface area contributed by atoms with Gasteiger partial charge in [-0.05, 0) is 79.3 Å². The third-order valence-electron chi connectivity index (χ3n) is 9.17. The minimum atomic E-state index is -0.534. The van der Waals surface area contributed by atoms with Crippen molar-refractivity contribution < 1.29 is 18.8 Å². The second-order valence-electron chi connectivity index (χ2n) is 12.0. The van der Waals surface area contributed by atoms with Crippen LogP contribution in [0.4, 0.5) is 0 Å². The van der Waals surface area contributed by atoms with Crippen LogP contribution in [0.2, 0.25) is 0 Å². The summed E-state index contributed by atoms with van der Waals surface area (Å²) < 4.78 is 18.7. The highest BCUT2D eigenvalue weighted by atomic mass is 16.5. The summed E-state index contributed by atoms with van der Waals surface area (Å²) in [4.78, 5) is 25.1. The van der Waals surface area contributed by atoms with Crippen molar-refractivity contribution >= 4 is 5.78 Å². The summed E-state index contributed by atoms with van der Waals surface area (Å²) in [6.07, 6.45) is 8.27. The number of carbonyl (C=O) groups is 1. The molecule has 2 aromatic rings. The summed E-state index contributed by atoms with van der Waals surface area (Å²) in [5, 5.41) is 7.86. The molecule has 0 aromatic carbocycles. The molecule has 0 radical (unpaired) electrons. The third kappa shape index (κ3) is 4.34. The molecule has 2 aliphatic heterocycles. The van der Waals surface area contributed by atoms with Crippen LogP contribution >= 0.6 is 0 Å². The summed E-state index contributed by atoms with van der Waals surface area (Å²) in [6, 6.07) is 2.14. The van der Waals surface area contributed by atoms with Gasteiger partial charge in [0.15, 0.2) is 17.3 Å². The van der Waals surface area contributed by atoms with Crippen molar-refractivity contribution in [2.45, 2.75) is 108 Å². The summed E-state index contributed by atoms with van der Waals surface area (Å²) in [6.45, 7) is 8.18. The lowest BCUT2D eigenvalue weighted by Gasteiger charge is -2.44. The Labute approximate surface area is 218 Å². The molecule has 200 valence electrons. The van der Waals surface area contributed by atoms with Crippen LogP contribution in [0, 0.1) is 0 Å². The number of ketones is 1. The van der Waals surface area contributed by atoms with E-state index in [1.54, 1.807) is 6.07 Å². The first-order valence-electron chi connectivity index (χ1n) is 14.0. The molecule has 9 heteroatoms. The number of carbonyl (C=O) groups excluding carboxylic acids is 1. The molecule has 9 nitrogen and oxygen atoms in total. The van der Waals surface area contributed by atoms with Crippen molar-refractivity contribution in [1.29, 1.82) is 0 Å². The lowest BCUT2D eigenvalue weighted by Crippen LogP contribution is -2.67. The van der Waals surface area contributed by atoms with Crippen molar-refractivity contribution in [2.75, 3.05) is 20.1 Å².